The first-order valence-electron chi connectivity index (χ1n) is 6.62. The van der Waals surface area contributed by atoms with Gasteiger partial charge in [0, 0.05) is 19.2 Å². The van der Waals surface area contributed by atoms with Crippen molar-refractivity contribution in [3.8, 4) is 0 Å². The van der Waals surface area contributed by atoms with Crippen LogP contribution in [0.2, 0.25) is 0 Å². The third-order valence-corrected chi connectivity index (χ3v) is 3.05. The van der Waals surface area contributed by atoms with Crippen molar-refractivity contribution in [2.24, 2.45) is 0 Å². The molecule has 0 saturated carbocycles. The first kappa shape index (κ1) is 14.2. The van der Waals surface area contributed by atoms with Crippen LogP contribution < -0.4 is 10.6 Å². The fourth-order valence-corrected chi connectivity index (χ4v) is 2.12. The number of aromatic nitrogens is 2. The third-order valence-electron chi connectivity index (χ3n) is 3.05. The molecule has 0 aliphatic heterocycles. The zero-order chi connectivity index (χ0) is 14.5. The fraction of sp³-hybridized carbons (Fsp3) is 0.333. The van der Waals surface area contributed by atoms with E-state index < -0.39 is 0 Å². The quantitative estimate of drug-likeness (QED) is 0.877. The van der Waals surface area contributed by atoms with E-state index in [0.717, 1.165) is 22.8 Å². The zero-order valence-corrected chi connectivity index (χ0v) is 11.9. The van der Waals surface area contributed by atoms with Gasteiger partial charge in [0.05, 0.1) is 0 Å². The lowest BCUT2D eigenvalue weighted by Crippen LogP contribution is -2.09. The number of benzene rings is 1. The van der Waals surface area contributed by atoms with E-state index in [-0.39, 0.29) is 11.7 Å². The van der Waals surface area contributed by atoms with Crippen LogP contribution in [0, 0.1) is 5.82 Å². The van der Waals surface area contributed by atoms with Crippen LogP contribution in [0.5, 0.6) is 0 Å². The van der Waals surface area contributed by atoms with E-state index in [0.29, 0.717) is 6.54 Å². The van der Waals surface area contributed by atoms with Gasteiger partial charge in [0.1, 0.15) is 23.8 Å². The summed E-state index contributed by atoms with van der Waals surface area (Å²) in [6.45, 7) is 4.71. The van der Waals surface area contributed by atoms with Crippen molar-refractivity contribution in [1.29, 1.82) is 0 Å². The van der Waals surface area contributed by atoms with E-state index >= 15 is 0 Å². The van der Waals surface area contributed by atoms with Gasteiger partial charge in [0.25, 0.3) is 0 Å². The highest BCUT2D eigenvalue weighted by Gasteiger charge is 2.13. The minimum Gasteiger partial charge on any atom is -0.373 e. The van der Waals surface area contributed by atoms with Crippen molar-refractivity contribution in [3.05, 3.63) is 47.5 Å². The van der Waals surface area contributed by atoms with E-state index in [2.05, 4.69) is 34.4 Å². The monoisotopic (exact) mass is 274 g/mol. The number of anilines is 2. The number of rotatable bonds is 5. The maximum Gasteiger partial charge on any atom is 0.135 e. The average molecular weight is 274 g/mol. The number of halogens is 1. The maximum atomic E-state index is 13.2. The highest BCUT2D eigenvalue weighted by molar-refractivity contribution is 5.58. The molecule has 0 atom stereocenters. The number of hydrogen-bond acceptors (Lipinski definition) is 4. The highest BCUT2D eigenvalue weighted by Crippen LogP contribution is 2.28. The van der Waals surface area contributed by atoms with Crippen LogP contribution in [0.3, 0.4) is 0 Å². The molecule has 0 spiro atoms. The second-order valence-corrected chi connectivity index (χ2v) is 4.87. The molecule has 2 N–H and O–H groups in total. The SMILES string of the molecule is CNc1ncnc(NCc2cccc(F)c2)c1C(C)C. The van der Waals surface area contributed by atoms with Crippen molar-refractivity contribution >= 4 is 11.6 Å². The molecule has 2 rings (SSSR count). The Kier molecular flexibility index (Phi) is 4.50. The van der Waals surface area contributed by atoms with Gasteiger partial charge in [-0.2, -0.15) is 0 Å². The number of nitrogens with zero attached hydrogens (tertiary/aromatic N) is 2. The molecule has 0 fully saturated rings. The molecule has 1 heterocycles. The van der Waals surface area contributed by atoms with Crippen LogP contribution in [0.15, 0.2) is 30.6 Å². The Morgan fingerprint density at radius 2 is 1.95 bits per heavy atom. The lowest BCUT2D eigenvalue weighted by Gasteiger charge is -2.16. The first-order chi connectivity index (χ1) is 9.61. The van der Waals surface area contributed by atoms with Crippen molar-refractivity contribution in [2.75, 3.05) is 17.7 Å². The number of nitrogens with one attached hydrogen (secondary N) is 2. The minimum atomic E-state index is -0.230. The molecular formula is C15H19FN4. The second-order valence-electron chi connectivity index (χ2n) is 4.87. The van der Waals surface area contributed by atoms with Crippen LogP contribution >= 0.6 is 0 Å². The molecule has 0 aliphatic rings. The van der Waals surface area contributed by atoms with Gasteiger partial charge in [-0.15, -0.1) is 0 Å². The van der Waals surface area contributed by atoms with Gasteiger partial charge < -0.3 is 10.6 Å². The molecule has 0 bridgehead atoms. The van der Waals surface area contributed by atoms with Gasteiger partial charge >= 0.3 is 0 Å². The Morgan fingerprint density at radius 3 is 2.60 bits per heavy atom. The minimum absolute atomic E-state index is 0.230. The van der Waals surface area contributed by atoms with E-state index in [1.165, 1.54) is 18.5 Å². The molecule has 106 valence electrons. The summed E-state index contributed by atoms with van der Waals surface area (Å²) in [6, 6.07) is 6.54. The smallest absolute Gasteiger partial charge is 0.135 e. The van der Waals surface area contributed by atoms with Crippen LogP contribution in [0.25, 0.3) is 0 Å². The van der Waals surface area contributed by atoms with Crippen LogP contribution in [-0.4, -0.2) is 17.0 Å². The van der Waals surface area contributed by atoms with Gasteiger partial charge in [-0.25, -0.2) is 14.4 Å². The van der Waals surface area contributed by atoms with Crippen molar-refractivity contribution in [1.82, 2.24) is 9.97 Å². The van der Waals surface area contributed by atoms with Gasteiger partial charge in [-0.05, 0) is 23.6 Å². The Labute approximate surface area is 118 Å². The van der Waals surface area contributed by atoms with Gasteiger partial charge in [-0.3, -0.25) is 0 Å². The molecular weight excluding hydrogens is 255 g/mol. The van der Waals surface area contributed by atoms with Gasteiger partial charge in [0.15, 0.2) is 0 Å². The van der Waals surface area contributed by atoms with Crippen molar-refractivity contribution in [2.45, 2.75) is 26.3 Å². The zero-order valence-electron chi connectivity index (χ0n) is 11.9. The van der Waals surface area contributed by atoms with Gasteiger partial charge in [-0.1, -0.05) is 26.0 Å². The van der Waals surface area contributed by atoms with E-state index in [1.807, 2.05) is 13.1 Å². The summed E-state index contributed by atoms with van der Waals surface area (Å²) in [5.41, 5.74) is 1.91. The molecule has 0 aliphatic carbocycles. The maximum absolute atomic E-state index is 13.2. The van der Waals surface area contributed by atoms with E-state index in [9.17, 15) is 4.39 Å². The standard InChI is InChI=1S/C15H19FN4/c1-10(2)13-14(17-3)19-9-20-15(13)18-8-11-5-4-6-12(16)7-11/h4-7,9-10H,8H2,1-3H3,(H2,17,18,19,20). The average Bonchev–Trinajstić information content (AvgIpc) is 2.44. The summed E-state index contributed by atoms with van der Waals surface area (Å²) in [7, 11) is 1.84. The topological polar surface area (TPSA) is 49.8 Å². The molecule has 20 heavy (non-hydrogen) atoms. The predicted octanol–water partition coefficient (Wildman–Crippen LogP) is 3.39. The van der Waals surface area contributed by atoms with Crippen LogP contribution in [0.4, 0.5) is 16.0 Å². The summed E-state index contributed by atoms with van der Waals surface area (Å²) >= 11 is 0. The van der Waals surface area contributed by atoms with Crippen molar-refractivity contribution < 1.29 is 4.39 Å². The van der Waals surface area contributed by atoms with Crippen molar-refractivity contribution in [3.63, 3.8) is 0 Å². The molecule has 5 heteroatoms. The fourth-order valence-electron chi connectivity index (χ4n) is 2.12. The normalized spacial score (nSPS) is 10.7. The molecule has 0 amide bonds. The molecule has 0 saturated heterocycles. The Balaban J connectivity index is 2.21. The van der Waals surface area contributed by atoms with E-state index in [4.69, 9.17) is 0 Å². The summed E-state index contributed by atoms with van der Waals surface area (Å²) in [4.78, 5) is 8.52. The van der Waals surface area contributed by atoms with Gasteiger partial charge in [0.2, 0.25) is 0 Å². The highest BCUT2D eigenvalue weighted by atomic mass is 19.1. The molecule has 1 aromatic heterocycles. The summed E-state index contributed by atoms with van der Waals surface area (Å²) in [5.74, 6) is 1.65. The Bertz CT molecular complexity index is 584. The summed E-state index contributed by atoms with van der Waals surface area (Å²) < 4.78 is 13.2. The lowest BCUT2D eigenvalue weighted by atomic mass is 10.0. The first-order valence-corrected chi connectivity index (χ1v) is 6.62. The third kappa shape index (κ3) is 3.23. The Hall–Kier alpha value is -2.17. The number of hydrogen-bond donors (Lipinski definition) is 2. The molecule has 2 aromatic rings. The Morgan fingerprint density at radius 1 is 1.20 bits per heavy atom. The summed E-state index contributed by atoms with van der Waals surface area (Å²) in [5, 5.41) is 6.33. The lowest BCUT2D eigenvalue weighted by molar-refractivity contribution is 0.626. The molecule has 0 unspecified atom stereocenters. The van der Waals surface area contributed by atoms with Crippen LogP contribution in [0.1, 0.15) is 30.9 Å². The second kappa shape index (κ2) is 6.32. The molecule has 1 aromatic carbocycles. The largest absolute Gasteiger partial charge is 0.373 e. The van der Waals surface area contributed by atoms with Crippen LogP contribution in [-0.2, 0) is 6.54 Å². The summed E-state index contributed by atoms with van der Waals surface area (Å²) in [6.07, 6.45) is 1.52. The van der Waals surface area contributed by atoms with E-state index in [1.54, 1.807) is 6.07 Å². The molecule has 0 radical (unpaired) electrons. The molecule has 4 nitrogen and oxygen atoms in total. The predicted molar refractivity (Wildman–Crippen MR) is 79.4 cm³/mol.